The van der Waals surface area contributed by atoms with Crippen LogP contribution in [0.25, 0.3) is 5.69 Å². The Kier molecular flexibility index (Phi) is 4.96. The first kappa shape index (κ1) is 19.7. The van der Waals surface area contributed by atoms with Crippen molar-refractivity contribution in [1.29, 1.82) is 0 Å². The van der Waals surface area contributed by atoms with E-state index in [2.05, 4.69) is 20.5 Å². The van der Waals surface area contributed by atoms with E-state index in [1.54, 1.807) is 12.4 Å². The number of anilines is 1. The summed E-state index contributed by atoms with van der Waals surface area (Å²) in [6, 6.07) is 12.0. The smallest absolute Gasteiger partial charge is 0.256 e. The fraction of sp³-hybridized carbons (Fsp3) is 0.417. The molecule has 1 saturated heterocycles. The van der Waals surface area contributed by atoms with Gasteiger partial charge in [0.15, 0.2) is 0 Å². The fourth-order valence-electron chi connectivity index (χ4n) is 4.69. The van der Waals surface area contributed by atoms with Crippen LogP contribution >= 0.6 is 0 Å². The molecular weight excluding hydrogens is 388 g/mol. The van der Waals surface area contributed by atoms with E-state index in [4.69, 9.17) is 0 Å². The summed E-state index contributed by atoms with van der Waals surface area (Å²) in [4.78, 5) is 21.9. The van der Waals surface area contributed by atoms with Crippen LogP contribution in [0.15, 0.2) is 48.8 Å². The molecule has 3 heterocycles. The third-order valence-corrected chi connectivity index (χ3v) is 6.63. The molecule has 1 aliphatic heterocycles. The predicted molar refractivity (Wildman–Crippen MR) is 119 cm³/mol. The van der Waals surface area contributed by atoms with Gasteiger partial charge in [-0.3, -0.25) is 4.79 Å². The highest BCUT2D eigenvalue weighted by Gasteiger charge is 2.49. The first-order chi connectivity index (χ1) is 15.0. The maximum atomic E-state index is 13.8. The van der Waals surface area contributed by atoms with Crippen molar-refractivity contribution in [2.24, 2.45) is 5.41 Å². The average molecular weight is 417 g/mol. The summed E-state index contributed by atoms with van der Waals surface area (Å²) in [5.41, 5.74) is 3.84. The van der Waals surface area contributed by atoms with E-state index >= 15 is 0 Å². The number of carbonyl (C=O) groups is 1. The number of aromatic nitrogens is 4. The minimum absolute atomic E-state index is 0.0514. The van der Waals surface area contributed by atoms with Crippen LogP contribution in [-0.4, -0.2) is 49.9 Å². The van der Waals surface area contributed by atoms with Crippen molar-refractivity contribution in [3.05, 3.63) is 65.6 Å². The van der Waals surface area contributed by atoms with Crippen LogP contribution in [0.3, 0.4) is 0 Å². The highest BCUT2D eigenvalue weighted by molar-refractivity contribution is 5.98. The molecule has 1 atom stereocenters. The number of amides is 1. The molecule has 1 aromatic carbocycles. The van der Waals surface area contributed by atoms with Crippen molar-refractivity contribution in [2.75, 3.05) is 18.4 Å². The lowest BCUT2D eigenvalue weighted by atomic mass is 9.87. The second-order valence-corrected chi connectivity index (χ2v) is 8.99. The molecule has 2 fully saturated rings. The van der Waals surface area contributed by atoms with Gasteiger partial charge >= 0.3 is 0 Å². The molecule has 1 spiro atoms. The quantitative estimate of drug-likeness (QED) is 0.685. The Balaban J connectivity index is 1.42. The topological polar surface area (TPSA) is 75.9 Å². The average Bonchev–Trinajstić information content (AvgIpc) is 3.28. The number of nitrogens with one attached hydrogen (secondary N) is 1. The molecule has 0 radical (unpaired) electrons. The van der Waals surface area contributed by atoms with Gasteiger partial charge in [-0.15, -0.1) is 0 Å². The summed E-state index contributed by atoms with van der Waals surface area (Å²) in [5.74, 6) is 0.912. The van der Waals surface area contributed by atoms with Crippen LogP contribution < -0.4 is 5.32 Å². The van der Waals surface area contributed by atoms with Crippen LogP contribution in [0.5, 0.6) is 0 Å². The maximum Gasteiger partial charge on any atom is 0.256 e. The van der Waals surface area contributed by atoms with Crippen LogP contribution in [0.2, 0.25) is 0 Å². The van der Waals surface area contributed by atoms with Gasteiger partial charge in [0.05, 0.1) is 23.6 Å². The number of rotatable bonds is 5. The number of nitrogens with zero attached hydrogens (tertiary/aromatic N) is 5. The van der Waals surface area contributed by atoms with Crippen molar-refractivity contribution in [3.8, 4) is 5.69 Å². The van der Waals surface area contributed by atoms with Crippen molar-refractivity contribution < 1.29 is 4.79 Å². The molecule has 2 aliphatic rings. The second-order valence-electron chi connectivity index (χ2n) is 8.99. The van der Waals surface area contributed by atoms with Gasteiger partial charge in [-0.25, -0.2) is 4.98 Å². The minimum Gasteiger partial charge on any atom is -0.368 e. The van der Waals surface area contributed by atoms with Crippen molar-refractivity contribution >= 4 is 11.7 Å². The lowest BCUT2D eigenvalue weighted by Crippen LogP contribution is -2.50. The van der Waals surface area contributed by atoms with E-state index in [-0.39, 0.29) is 11.9 Å². The van der Waals surface area contributed by atoms with Gasteiger partial charge in [-0.1, -0.05) is 17.7 Å². The SMILES string of the molecule is Cc1ccc(-n2nccn2)c(C(=O)N2CCC3(CC3)C[C@H]2CNc2cccc(C)n2)c1. The van der Waals surface area contributed by atoms with E-state index in [1.165, 1.54) is 17.6 Å². The molecule has 160 valence electrons. The third-order valence-electron chi connectivity index (χ3n) is 6.63. The number of aryl methyl sites for hydroxylation is 2. The zero-order chi connectivity index (χ0) is 21.4. The molecule has 1 aliphatic carbocycles. The summed E-state index contributed by atoms with van der Waals surface area (Å²) in [6.45, 7) is 5.48. The molecule has 3 aromatic rings. The molecular formula is C24H28N6O. The number of hydrogen-bond donors (Lipinski definition) is 1. The summed E-state index contributed by atoms with van der Waals surface area (Å²) in [7, 11) is 0. The molecule has 1 N–H and O–H groups in total. The van der Waals surface area contributed by atoms with Gasteiger partial charge in [-0.05, 0) is 69.2 Å². The van der Waals surface area contributed by atoms with Crippen molar-refractivity contribution in [3.63, 3.8) is 0 Å². The largest absolute Gasteiger partial charge is 0.368 e. The molecule has 31 heavy (non-hydrogen) atoms. The molecule has 7 nitrogen and oxygen atoms in total. The van der Waals surface area contributed by atoms with E-state index in [9.17, 15) is 4.79 Å². The van der Waals surface area contributed by atoms with Gasteiger partial charge in [0.2, 0.25) is 0 Å². The van der Waals surface area contributed by atoms with Gasteiger partial charge in [0.25, 0.3) is 5.91 Å². The minimum atomic E-state index is 0.0514. The Morgan fingerprint density at radius 2 is 1.94 bits per heavy atom. The number of likely N-dealkylation sites (tertiary alicyclic amines) is 1. The van der Waals surface area contributed by atoms with Crippen LogP contribution in [0.1, 0.15) is 47.3 Å². The lowest BCUT2D eigenvalue weighted by Gasteiger charge is -2.40. The number of piperidine rings is 1. The van der Waals surface area contributed by atoms with E-state index < -0.39 is 0 Å². The standard InChI is InChI=1S/C24H28N6O/c1-17-6-7-21(30-26-11-12-27-30)20(14-17)23(31)29-13-10-24(8-9-24)15-19(29)16-25-22-5-3-4-18(2)28-22/h3-7,11-12,14,19H,8-10,13,15-16H2,1-2H3,(H,25,28)/t19-/m0/s1. The van der Waals surface area contributed by atoms with E-state index in [0.29, 0.717) is 17.5 Å². The second kappa shape index (κ2) is 7.80. The lowest BCUT2D eigenvalue weighted by molar-refractivity contribution is 0.0545. The zero-order valence-corrected chi connectivity index (χ0v) is 18.1. The van der Waals surface area contributed by atoms with Gasteiger partial charge in [0, 0.05) is 24.8 Å². The third kappa shape index (κ3) is 4.04. The zero-order valence-electron chi connectivity index (χ0n) is 18.1. The van der Waals surface area contributed by atoms with Gasteiger partial charge in [-0.2, -0.15) is 15.0 Å². The van der Waals surface area contributed by atoms with Gasteiger partial charge in [0.1, 0.15) is 5.82 Å². The molecule has 2 aromatic heterocycles. The maximum absolute atomic E-state index is 13.8. The summed E-state index contributed by atoms with van der Waals surface area (Å²) >= 11 is 0. The highest BCUT2D eigenvalue weighted by Crippen LogP contribution is 2.55. The van der Waals surface area contributed by atoms with Crippen molar-refractivity contribution in [2.45, 2.75) is 45.6 Å². The van der Waals surface area contributed by atoms with E-state index in [1.807, 2.05) is 55.1 Å². The number of pyridine rings is 1. The Labute approximate surface area is 182 Å². The van der Waals surface area contributed by atoms with E-state index in [0.717, 1.165) is 42.1 Å². The number of hydrogen-bond acceptors (Lipinski definition) is 5. The normalized spacial score (nSPS) is 19.4. The van der Waals surface area contributed by atoms with Crippen LogP contribution in [-0.2, 0) is 0 Å². The predicted octanol–water partition coefficient (Wildman–Crippen LogP) is 3.78. The highest BCUT2D eigenvalue weighted by atomic mass is 16.2. The monoisotopic (exact) mass is 416 g/mol. The molecule has 0 unspecified atom stereocenters. The first-order valence-corrected chi connectivity index (χ1v) is 11.0. The molecule has 1 saturated carbocycles. The molecule has 1 amide bonds. The number of carbonyl (C=O) groups excluding carboxylic acids is 1. The number of benzene rings is 1. The summed E-state index contributed by atoms with van der Waals surface area (Å²) in [5, 5.41) is 12.0. The van der Waals surface area contributed by atoms with Crippen LogP contribution in [0, 0.1) is 19.3 Å². The van der Waals surface area contributed by atoms with Crippen LogP contribution in [0.4, 0.5) is 5.82 Å². The summed E-state index contributed by atoms with van der Waals surface area (Å²) < 4.78 is 0. The molecule has 7 heteroatoms. The Morgan fingerprint density at radius 1 is 1.13 bits per heavy atom. The fourth-order valence-corrected chi connectivity index (χ4v) is 4.69. The summed E-state index contributed by atoms with van der Waals surface area (Å²) in [6.07, 6.45) is 7.95. The Morgan fingerprint density at radius 3 is 2.68 bits per heavy atom. The molecule has 0 bridgehead atoms. The first-order valence-electron chi connectivity index (χ1n) is 11.0. The van der Waals surface area contributed by atoms with Crippen molar-refractivity contribution in [1.82, 2.24) is 24.9 Å². The molecule has 5 rings (SSSR count). The Bertz CT molecular complexity index is 1090. The Hall–Kier alpha value is -3.22. The van der Waals surface area contributed by atoms with Gasteiger partial charge < -0.3 is 10.2 Å².